The monoisotopic (exact) mass is 330 g/mol. The fraction of sp³-hybridized carbons (Fsp3) is 0.444. The number of amides is 1. The molecule has 0 spiro atoms. The van der Waals surface area contributed by atoms with Gasteiger partial charge in [-0.25, -0.2) is 0 Å². The Morgan fingerprint density at radius 3 is 2.58 bits per heavy atom. The van der Waals surface area contributed by atoms with Crippen molar-refractivity contribution in [3.05, 3.63) is 46.8 Å². The van der Waals surface area contributed by atoms with E-state index in [1.54, 1.807) is 17.0 Å². The third kappa shape index (κ3) is 4.58. The summed E-state index contributed by atoms with van der Waals surface area (Å²) in [6, 6.07) is 7.24. The molecule has 0 fully saturated rings. The van der Waals surface area contributed by atoms with Gasteiger partial charge in [-0.1, -0.05) is 0 Å². The molecule has 0 radical (unpaired) electrons. The van der Waals surface area contributed by atoms with Crippen molar-refractivity contribution in [2.24, 2.45) is 5.73 Å². The van der Waals surface area contributed by atoms with Crippen molar-refractivity contribution in [2.75, 3.05) is 26.7 Å². The molecule has 6 nitrogen and oxygen atoms in total. The van der Waals surface area contributed by atoms with Crippen LogP contribution in [0, 0.1) is 13.8 Å². The second-order valence-corrected chi connectivity index (χ2v) is 5.90. The number of carbonyl (C=O) groups is 1. The molecule has 24 heavy (non-hydrogen) atoms. The lowest BCUT2D eigenvalue weighted by molar-refractivity contribution is 0.0796. The van der Waals surface area contributed by atoms with Crippen LogP contribution in [0.5, 0.6) is 5.75 Å². The summed E-state index contributed by atoms with van der Waals surface area (Å²) in [6.45, 7) is 5.82. The van der Waals surface area contributed by atoms with Crippen LogP contribution in [0.1, 0.15) is 33.7 Å². The molecule has 0 saturated carbocycles. The highest BCUT2D eigenvalue weighted by atomic mass is 16.5. The van der Waals surface area contributed by atoms with Gasteiger partial charge in [-0.3, -0.25) is 9.89 Å². The van der Waals surface area contributed by atoms with E-state index in [-0.39, 0.29) is 5.91 Å². The Balaban J connectivity index is 1.90. The minimum Gasteiger partial charge on any atom is -0.494 e. The molecule has 3 N–H and O–H groups in total. The third-order valence-electron chi connectivity index (χ3n) is 4.04. The lowest BCUT2D eigenvalue weighted by Crippen LogP contribution is -2.29. The first-order chi connectivity index (χ1) is 11.5. The Labute approximate surface area is 143 Å². The summed E-state index contributed by atoms with van der Waals surface area (Å²) in [5, 5.41) is 7.16. The third-order valence-corrected chi connectivity index (χ3v) is 4.04. The summed E-state index contributed by atoms with van der Waals surface area (Å²) in [4.78, 5) is 14.2. The van der Waals surface area contributed by atoms with Gasteiger partial charge in [0, 0.05) is 24.8 Å². The SMILES string of the molecule is Cc1n[nH]c(C)c1CCN(C)C(=O)c1ccc(OCCCN)cc1. The normalized spacial score (nSPS) is 10.7. The summed E-state index contributed by atoms with van der Waals surface area (Å²) in [5.74, 6) is 0.759. The number of nitrogens with zero attached hydrogens (tertiary/aromatic N) is 2. The van der Waals surface area contributed by atoms with Gasteiger partial charge in [0.1, 0.15) is 5.75 Å². The molecule has 2 aromatic rings. The Morgan fingerprint density at radius 1 is 1.29 bits per heavy atom. The molecule has 0 aliphatic carbocycles. The van der Waals surface area contributed by atoms with Crippen LogP contribution in [0.3, 0.4) is 0 Å². The minimum atomic E-state index is 0.00214. The van der Waals surface area contributed by atoms with E-state index >= 15 is 0 Å². The molecule has 1 amide bonds. The second kappa shape index (κ2) is 8.49. The van der Waals surface area contributed by atoms with Crippen LogP contribution in [0.15, 0.2) is 24.3 Å². The first kappa shape index (κ1) is 18.0. The van der Waals surface area contributed by atoms with E-state index in [1.165, 1.54) is 5.56 Å². The highest BCUT2D eigenvalue weighted by molar-refractivity contribution is 5.94. The van der Waals surface area contributed by atoms with Crippen LogP contribution in [-0.2, 0) is 6.42 Å². The van der Waals surface area contributed by atoms with Crippen LogP contribution in [0.4, 0.5) is 0 Å². The lowest BCUT2D eigenvalue weighted by Gasteiger charge is -2.17. The van der Waals surface area contributed by atoms with Gasteiger partial charge in [-0.05, 0) is 63.1 Å². The van der Waals surface area contributed by atoms with Gasteiger partial charge in [-0.15, -0.1) is 0 Å². The molecule has 1 aromatic heterocycles. The molecule has 0 unspecified atom stereocenters. The molecular formula is C18H26N4O2. The zero-order valence-electron chi connectivity index (χ0n) is 14.6. The quantitative estimate of drug-likeness (QED) is 0.726. The van der Waals surface area contributed by atoms with Crippen LogP contribution in [-0.4, -0.2) is 47.7 Å². The number of aromatic nitrogens is 2. The van der Waals surface area contributed by atoms with Crippen molar-refractivity contribution in [3.8, 4) is 5.75 Å². The molecule has 1 aromatic carbocycles. The molecule has 0 saturated heterocycles. The van der Waals surface area contributed by atoms with E-state index in [4.69, 9.17) is 10.5 Å². The van der Waals surface area contributed by atoms with Crippen LogP contribution in [0.2, 0.25) is 0 Å². The van der Waals surface area contributed by atoms with E-state index in [0.29, 0.717) is 25.3 Å². The van der Waals surface area contributed by atoms with Gasteiger partial charge < -0.3 is 15.4 Å². The van der Waals surface area contributed by atoms with Gasteiger partial charge in [0.15, 0.2) is 0 Å². The summed E-state index contributed by atoms with van der Waals surface area (Å²) in [6.07, 6.45) is 1.60. The summed E-state index contributed by atoms with van der Waals surface area (Å²) in [7, 11) is 1.82. The summed E-state index contributed by atoms with van der Waals surface area (Å²) >= 11 is 0. The Morgan fingerprint density at radius 2 is 2.00 bits per heavy atom. The number of hydrogen-bond donors (Lipinski definition) is 2. The molecule has 0 bridgehead atoms. The molecule has 6 heteroatoms. The van der Waals surface area contributed by atoms with Gasteiger partial charge in [0.05, 0.1) is 12.3 Å². The average molecular weight is 330 g/mol. The number of hydrogen-bond acceptors (Lipinski definition) is 4. The number of nitrogens with one attached hydrogen (secondary N) is 1. The van der Waals surface area contributed by atoms with Gasteiger partial charge in [0.25, 0.3) is 5.91 Å². The predicted molar refractivity (Wildman–Crippen MR) is 94.3 cm³/mol. The maximum atomic E-state index is 12.5. The van der Waals surface area contributed by atoms with Crippen molar-refractivity contribution in [1.29, 1.82) is 0 Å². The maximum Gasteiger partial charge on any atom is 0.253 e. The van der Waals surface area contributed by atoms with Crippen molar-refractivity contribution >= 4 is 5.91 Å². The molecular weight excluding hydrogens is 304 g/mol. The number of H-pyrrole nitrogens is 1. The number of nitrogens with two attached hydrogens (primary N) is 1. The highest BCUT2D eigenvalue weighted by Crippen LogP contribution is 2.15. The zero-order valence-corrected chi connectivity index (χ0v) is 14.6. The van der Waals surface area contributed by atoms with E-state index in [0.717, 1.165) is 30.0 Å². The lowest BCUT2D eigenvalue weighted by atomic mass is 10.1. The topological polar surface area (TPSA) is 84.2 Å². The average Bonchev–Trinajstić information content (AvgIpc) is 2.91. The number of benzene rings is 1. The number of carbonyl (C=O) groups excluding carboxylic acids is 1. The molecule has 0 atom stereocenters. The van der Waals surface area contributed by atoms with Crippen LogP contribution >= 0.6 is 0 Å². The minimum absolute atomic E-state index is 0.00214. The number of likely N-dealkylation sites (N-methyl/N-ethyl adjacent to an activating group) is 1. The van der Waals surface area contributed by atoms with Crippen molar-refractivity contribution in [3.63, 3.8) is 0 Å². The number of aromatic amines is 1. The van der Waals surface area contributed by atoms with Crippen LogP contribution in [0.25, 0.3) is 0 Å². The Bertz CT molecular complexity index is 645. The van der Waals surface area contributed by atoms with Crippen molar-refractivity contribution in [2.45, 2.75) is 26.7 Å². The molecule has 0 aliphatic heterocycles. The first-order valence-corrected chi connectivity index (χ1v) is 8.21. The molecule has 130 valence electrons. The number of ether oxygens (including phenoxy) is 1. The maximum absolute atomic E-state index is 12.5. The highest BCUT2D eigenvalue weighted by Gasteiger charge is 2.13. The zero-order chi connectivity index (χ0) is 17.5. The van der Waals surface area contributed by atoms with Gasteiger partial charge in [-0.2, -0.15) is 5.10 Å². The van der Waals surface area contributed by atoms with E-state index < -0.39 is 0 Å². The van der Waals surface area contributed by atoms with Gasteiger partial charge in [0.2, 0.25) is 0 Å². The largest absolute Gasteiger partial charge is 0.494 e. The predicted octanol–water partition coefficient (Wildman–Crippen LogP) is 2.07. The van der Waals surface area contributed by atoms with Crippen molar-refractivity contribution in [1.82, 2.24) is 15.1 Å². The summed E-state index contributed by atoms with van der Waals surface area (Å²) in [5.41, 5.74) is 9.33. The van der Waals surface area contributed by atoms with Crippen LogP contribution < -0.4 is 10.5 Å². The standard InChI is InChI=1S/C18H26N4O2/c1-13-17(14(2)21-20-13)9-11-22(3)18(23)15-5-7-16(8-6-15)24-12-4-10-19/h5-8H,4,9-12,19H2,1-3H3,(H,20,21). The van der Waals surface area contributed by atoms with Crippen molar-refractivity contribution < 1.29 is 9.53 Å². The Hall–Kier alpha value is -2.34. The second-order valence-electron chi connectivity index (χ2n) is 5.90. The van der Waals surface area contributed by atoms with Gasteiger partial charge >= 0.3 is 0 Å². The Kier molecular flexibility index (Phi) is 6.37. The molecule has 2 rings (SSSR count). The fourth-order valence-electron chi connectivity index (χ4n) is 2.51. The van der Waals surface area contributed by atoms with E-state index in [9.17, 15) is 4.79 Å². The first-order valence-electron chi connectivity index (χ1n) is 8.21. The van der Waals surface area contributed by atoms with E-state index in [1.807, 2.05) is 33.0 Å². The molecule has 0 aliphatic rings. The smallest absolute Gasteiger partial charge is 0.253 e. The fourth-order valence-corrected chi connectivity index (χ4v) is 2.51. The van der Waals surface area contributed by atoms with E-state index in [2.05, 4.69) is 10.2 Å². The summed E-state index contributed by atoms with van der Waals surface area (Å²) < 4.78 is 5.55. The molecule has 1 heterocycles. The number of rotatable bonds is 8. The number of aryl methyl sites for hydroxylation is 2.